The first-order valence-corrected chi connectivity index (χ1v) is 4.69. The van der Waals surface area contributed by atoms with Gasteiger partial charge >= 0.3 is 5.37 Å². The third-order valence-electron chi connectivity index (χ3n) is 1.81. The number of hydrogen-bond donors (Lipinski definition) is 0. The zero-order valence-corrected chi connectivity index (χ0v) is 8.94. The molecule has 0 aliphatic carbocycles. The highest BCUT2D eigenvalue weighted by Crippen LogP contribution is 2.02. The van der Waals surface area contributed by atoms with Crippen LogP contribution in [0.3, 0.4) is 0 Å². The standard InChI is InChI=1S/C11H10ClNO2/c1-13(11(12)15)10(14)8-7-9-5-3-2-4-6-9/h2-8H,1H3. The highest BCUT2D eigenvalue weighted by atomic mass is 35.5. The molecule has 4 heteroatoms. The molecule has 78 valence electrons. The molecule has 0 aromatic heterocycles. The molecule has 0 fully saturated rings. The van der Waals surface area contributed by atoms with Crippen molar-refractivity contribution >= 4 is 29.0 Å². The fourth-order valence-corrected chi connectivity index (χ4v) is 1.01. The molecule has 1 aromatic rings. The molecule has 3 nitrogen and oxygen atoms in total. The first-order valence-electron chi connectivity index (χ1n) is 4.31. The van der Waals surface area contributed by atoms with E-state index < -0.39 is 11.3 Å². The van der Waals surface area contributed by atoms with Crippen LogP contribution in [0.5, 0.6) is 0 Å². The zero-order valence-electron chi connectivity index (χ0n) is 8.18. The van der Waals surface area contributed by atoms with Crippen LogP contribution in [-0.2, 0) is 4.79 Å². The summed E-state index contributed by atoms with van der Waals surface area (Å²) in [5, 5.41) is -0.794. The van der Waals surface area contributed by atoms with Gasteiger partial charge in [0, 0.05) is 13.1 Å². The molecule has 0 unspecified atom stereocenters. The van der Waals surface area contributed by atoms with Crippen molar-refractivity contribution in [1.82, 2.24) is 4.90 Å². The van der Waals surface area contributed by atoms with Gasteiger partial charge in [0.1, 0.15) is 0 Å². The molecule has 0 bridgehead atoms. The number of carbonyl (C=O) groups excluding carboxylic acids is 2. The Hall–Kier alpha value is -1.61. The third-order valence-corrected chi connectivity index (χ3v) is 2.07. The predicted molar refractivity (Wildman–Crippen MR) is 59.5 cm³/mol. The van der Waals surface area contributed by atoms with Crippen LogP contribution < -0.4 is 0 Å². The number of imide groups is 1. The molecule has 0 saturated heterocycles. The third kappa shape index (κ3) is 3.56. The lowest BCUT2D eigenvalue weighted by Crippen LogP contribution is -2.26. The normalized spacial score (nSPS) is 10.3. The highest BCUT2D eigenvalue weighted by Gasteiger charge is 2.10. The van der Waals surface area contributed by atoms with Gasteiger partial charge in [0.15, 0.2) is 0 Å². The second kappa shape index (κ2) is 5.32. The molecule has 1 aromatic carbocycles. The van der Waals surface area contributed by atoms with Gasteiger partial charge in [-0.1, -0.05) is 30.3 Å². The Morgan fingerprint density at radius 2 is 1.87 bits per heavy atom. The summed E-state index contributed by atoms with van der Waals surface area (Å²) in [7, 11) is 1.33. The second-order valence-electron chi connectivity index (χ2n) is 2.89. The number of rotatable bonds is 2. The number of nitrogens with zero attached hydrogens (tertiary/aromatic N) is 1. The fourth-order valence-electron chi connectivity index (χ4n) is 0.930. The van der Waals surface area contributed by atoms with E-state index in [1.807, 2.05) is 30.3 Å². The number of carbonyl (C=O) groups is 2. The van der Waals surface area contributed by atoms with E-state index in [2.05, 4.69) is 0 Å². The topological polar surface area (TPSA) is 37.4 Å². The molecule has 0 aliphatic heterocycles. The maximum Gasteiger partial charge on any atom is 0.323 e. The van der Waals surface area contributed by atoms with E-state index in [1.54, 1.807) is 6.08 Å². The predicted octanol–water partition coefficient (Wildman–Crippen LogP) is 2.52. The van der Waals surface area contributed by atoms with E-state index >= 15 is 0 Å². The van der Waals surface area contributed by atoms with Gasteiger partial charge < -0.3 is 0 Å². The van der Waals surface area contributed by atoms with Gasteiger partial charge in [-0.05, 0) is 23.2 Å². The van der Waals surface area contributed by atoms with Gasteiger partial charge in [0.05, 0.1) is 0 Å². The lowest BCUT2D eigenvalue weighted by molar-refractivity contribution is -0.121. The summed E-state index contributed by atoms with van der Waals surface area (Å²) < 4.78 is 0. The SMILES string of the molecule is CN(C(=O)Cl)C(=O)C=Cc1ccccc1. The molecular formula is C11H10ClNO2. The number of hydrogen-bond acceptors (Lipinski definition) is 2. The van der Waals surface area contributed by atoms with Crippen molar-refractivity contribution in [2.45, 2.75) is 0 Å². The van der Waals surface area contributed by atoms with E-state index in [0.717, 1.165) is 10.5 Å². The van der Waals surface area contributed by atoms with Crippen LogP contribution in [0.2, 0.25) is 0 Å². The van der Waals surface area contributed by atoms with Gasteiger partial charge in [-0.25, -0.2) is 0 Å². The average Bonchev–Trinajstić information content (AvgIpc) is 2.26. The van der Waals surface area contributed by atoms with Gasteiger partial charge in [-0.3, -0.25) is 14.5 Å². The molecule has 0 saturated carbocycles. The van der Waals surface area contributed by atoms with Crippen LogP contribution >= 0.6 is 11.6 Å². The smallest absolute Gasteiger partial charge is 0.269 e. The summed E-state index contributed by atoms with van der Waals surface area (Å²) in [4.78, 5) is 22.8. The molecular weight excluding hydrogens is 214 g/mol. The number of benzene rings is 1. The zero-order chi connectivity index (χ0) is 11.3. The van der Waals surface area contributed by atoms with E-state index in [-0.39, 0.29) is 0 Å². The molecule has 0 N–H and O–H groups in total. The quantitative estimate of drug-likeness (QED) is 0.439. The van der Waals surface area contributed by atoms with Crippen LogP contribution in [0.1, 0.15) is 5.56 Å². The lowest BCUT2D eigenvalue weighted by atomic mass is 10.2. The Balaban J connectivity index is 2.67. The molecule has 15 heavy (non-hydrogen) atoms. The van der Waals surface area contributed by atoms with Crippen molar-refractivity contribution in [2.24, 2.45) is 0 Å². The molecule has 2 amide bonds. The van der Waals surface area contributed by atoms with Gasteiger partial charge in [0.2, 0.25) is 0 Å². The molecule has 0 atom stereocenters. The number of amides is 2. The van der Waals surface area contributed by atoms with Crippen LogP contribution in [-0.4, -0.2) is 23.2 Å². The van der Waals surface area contributed by atoms with Gasteiger partial charge in [-0.15, -0.1) is 0 Å². The average molecular weight is 224 g/mol. The number of likely N-dealkylation sites (N-methyl/N-ethyl adjacent to an activating group) is 1. The fraction of sp³-hybridized carbons (Fsp3) is 0.0909. The van der Waals surface area contributed by atoms with Crippen molar-refractivity contribution < 1.29 is 9.59 Å². The Bertz CT molecular complexity index is 387. The molecule has 0 heterocycles. The molecule has 0 aliphatic rings. The van der Waals surface area contributed by atoms with E-state index in [1.165, 1.54) is 13.1 Å². The Labute approximate surface area is 93.0 Å². The molecule has 0 radical (unpaired) electrons. The Morgan fingerprint density at radius 1 is 1.27 bits per heavy atom. The summed E-state index contributed by atoms with van der Waals surface area (Å²) in [5.74, 6) is -0.446. The monoisotopic (exact) mass is 223 g/mol. The Morgan fingerprint density at radius 3 is 2.40 bits per heavy atom. The van der Waals surface area contributed by atoms with E-state index in [9.17, 15) is 9.59 Å². The van der Waals surface area contributed by atoms with Crippen molar-refractivity contribution in [2.75, 3.05) is 7.05 Å². The van der Waals surface area contributed by atoms with Crippen molar-refractivity contribution in [3.8, 4) is 0 Å². The van der Waals surface area contributed by atoms with Crippen LogP contribution in [0.25, 0.3) is 6.08 Å². The van der Waals surface area contributed by atoms with E-state index in [4.69, 9.17) is 11.6 Å². The summed E-state index contributed by atoms with van der Waals surface area (Å²) in [6, 6.07) is 9.31. The molecule has 0 spiro atoms. The second-order valence-corrected chi connectivity index (χ2v) is 3.22. The van der Waals surface area contributed by atoms with Crippen LogP contribution in [0.15, 0.2) is 36.4 Å². The van der Waals surface area contributed by atoms with E-state index in [0.29, 0.717) is 0 Å². The highest BCUT2D eigenvalue weighted by molar-refractivity contribution is 6.64. The number of halogens is 1. The minimum atomic E-state index is -0.794. The van der Waals surface area contributed by atoms with Crippen molar-refractivity contribution in [1.29, 1.82) is 0 Å². The summed E-state index contributed by atoms with van der Waals surface area (Å²) in [6.07, 6.45) is 2.92. The summed E-state index contributed by atoms with van der Waals surface area (Å²) >= 11 is 5.14. The Kier molecular flexibility index (Phi) is 4.06. The molecule has 1 rings (SSSR count). The van der Waals surface area contributed by atoms with Gasteiger partial charge in [-0.2, -0.15) is 0 Å². The summed E-state index contributed by atoms with van der Waals surface area (Å²) in [5.41, 5.74) is 0.890. The maximum atomic E-state index is 11.3. The minimum absolute atomic E-state index is 0.446. The van der Waals surface area contributed by atoms with Crippen LogP contribution in [0.4, 0.5) is 4.79 Å². The summed E-state index contributed by atoms with van der Waals surface area (Å²) in [6.45, 7) is 0. The van der Waals surface area contributed by atoms with Crippen molar-refractivity contribution in [3.63, 3.8) is 0 Å². The first kappa shape index (κ1) is 11.5. The lowest BCUT2D eigenvalue weighted by Gasteiger charge is -2.06. The minimum Gasteiger partial charge on any atom is -0.269 e. The van der Waals surface area contributed by atoms with Crippen molar-refractivity contribution in [3.05, 3.63) is 42.0 Å². The van der Waals surface area contributed by atoms with Gasteiger partial charge in [0.25, 0.3) is 5.91 Å². The maximum absolute atomic E-state index is 11.3. The first-order chi connectivity index (χ1) is 7.11. The largest absolute Gasteiger partial charge is 0.323 e. The van der Waals surface area contributed by atoms with Crippen LogP contribution in [0, 0.1) is 0 Å².